The fraction of sp³-hybridized carbons (Fsp3) is 0.562. The lowest BCUT2D eigenvalue weighted by Crippen LogP contribution is -2.47. The van der Waals surface area contributed by atoms with E-state index < -0.39 is 0 Å². The summed E-state index contributed by atoms with van der Waals surface area (Å²) >= 11 is 1.50. The lowest BCUT2D eigenvalue weighted by atomic mass is 9.94. The minimum Gasteiger partial charge on any atom is -0.341 e. The zero-order valence-electron chi connectivity index (χ0n) is 13.0. The van der Waals surface area contributed by atoms with Crippen molar-refractivity contribution in [1.82, 2.24) is 14.8 Å². The smallest absolute Gasteiger partial charge is 0.256 e. The monoisotopic (exact) mass is 319 g/mol. The van der Waals surface area contributed by atoms with Crippen LogP contribution in [0.2, 0.25) is 0 Å². The third kappa shape index (κ3) is 2.84. The van der Waals surface area contributed by atoms with Gasteiger partial charge in [-0.05, 0) is 37.1 Å². The largest absolute Gasteiger partial charge is 0.341 e. The van der Waals surface area contributed by atoms with Crippen molar-refractivity contribution in [1.29, 1.82) is 0 Å². The second-order valence-electron chi connectivity index (χ2n) is 6.04. The van der Waals surface area contributed by atoms with Gasteiger partial charge in [0.15, 0.2) is 0 Å². The van der Waals surface area contributed by atoms with E-state index in [1.165, 1.54) is 11.8 Å². The van der Waals surface area contributed by atoms with Crippen molar-refractivity contribution in [3.05, 3.63) is 23.9 Å². The first-order valence-electron chi connectivity index (χ1n) is 7.65. The van der Waals surface area contributed by atoms with Crippen LogP contribution in [-0.2, 0) is 4.79 Å². The number of thioether (sulfide) groups is 1. The molecule has 3 saturated heterocycles. The molecule has 0 spiro atoms. The molecule has 0 unspecified atom stereocenters. The summed E-state index contributed by atoms with van der Waals surface area (Å²) in [7, 11) is 0. The van der Waals surface area contributed by atoms with E-state index in [2.05, 4.69) is 4.98 Å². The molecule has 4 rings (SSSR count). The quantitative estimate of drug-likeness (QED) is 0.781. The number of rotatable bonds is 2. The second-order valence-corrected chi connectivity index (χ2v) is 6.83. The number of amides is 2. The highest BCUT2D eigenvalue weighted by atomic mass is 32.2. The van der Waals surface area contributed by atoms with Gasteiger partial charge in [-0.3, -0.25) is 9.59 Å². The van der Waals surface area contributed by atoms with E-state index in [1.807, 2.05) is 28.2 Å². The number of fused-ring (bicyclic) bond motifs is 4. The second kappa shape index (κ2) is 6.28. The summed E-state index contributed by atoms with van der Waals surface area (Å²) in [4.78, 5) is 32.9. The van der Waals surface area contributed by atoms with E-state index >= 15 is 0 Å². The normalized spacial score (nSPS) is 24.3. The van der Waals surface area contributed by atoms with Crippen molar-refractivity contribution < 1.29 is 9.59 Å². The van der Waals surface area contributed by atoms with Crippen LogP contribution < -0.4 is 0 Å². The predicted molar refractivity (Wildman–Crippen MR) is 85.8 cm³/mol. The molecular weight excluding hydrogens is 298 g/mol. The SMILES string of the molecule is CSc1ncccc1C(=O)N1C[C@H]2CC[C@@H]1CN(C(C)=O)C2. The van der Waals surface area contributed by atoms with Crippen LogP contribution in [-0.4, -0.2) is 58.5 Å². The maximum atomic E-state index is 13.0. The van der Waals surface area contributed by atoms with Gasteiger partial charge in [0.25, 0.3) is 5.91 Å². The van der Waals surface area contributed by atoms with Crippen molar-refractivity contribution >= 4 is 23.6 Å². The van der Waals surface area contributed by atoms with Gasteiger partial charge in [0.2, 0.25) is 5.91 Å². The fourth-order valence-electron chi connectivity index (χ4n) is 3.46. The third-order valence-electron chi connectivity index (χ3n) is 4.61. The number of aromatic nitrogens is 1. The molecule has 3 aliphatic rings. The summed E-state index contributed by atoms with van der Waals surface area (Å²) in [6.07, 6.45) is 5.73. The van der Waals surface area contributed by atoms with Crippen LogP contribution in [0.1, 0.15) is 30.1 Å². The summed E-state index contributed by atoms with van der Waals surface area (Å²) in [5.41, 5.74) is 0.678. The Hall–Kier alpha value is -1.56. The first-order valence-corrected chi connectivity index (χ1v) is 8.88. The molecule has 0 saturated carbocycles. The van der Waals surface area contributed by atoms with Crippen LogP contribution in [0.25, 0.3) is 0 Å². The van der Waals surface area contributed by atoms with Gasteiger partial charge in [-0.2, -0.15) is 0 Å². The fourth-order valence-corrected chi connectivity index (χ4v) is 4.00. The van der Waals surface area contributed by atoms with Crippen LogP contribution in [0, 0.1) is 5.92 Å². The molecule has 6 heteroatoms. The van der Waals surface area contributed by atoms with Crippen LogP contribution in [0.4, 0.5) is 0 Å². The molecule has 3 fully saturated rings. The molecule has 0 aromatic carbocycles. The van der Waals surface area contributed by atoms with E-state index in [9.17, 15) is 9.59 Å². The standard InChI is InChI=1S/C16H21N3O2S/c1-11(20)18-8-12-5-6-13(10-18)19(9-12)16(21)14-4-3-7-17-15(14)22-2/h3-4,7,12-13H,5-6,8-10H2,1-2H3/t12-,13+/m0/s1. The number of hydrogen-bond donors (Lipinski definition) is 0. The molecule has 2 atom stereocenters. The molecule has 4 heterocycles. The first kappa shape index (κ1) is 15.3. The summed E-state index contributed by atoms with van der Waals surface area (Å²) in [6, 6.07) is 3.79. The topological polar surface area (TPSA) is 53.5 Å². The average molecular weight is 319 g/mol. The van der Waals surface area contributed by atoms with E-state index in [0.717, 1.165) is 31.0 Å². The van der Waals surface area contributed by atoms with Crippen molar-refractivity contribution in [2.75, 3.05) is 25.9 Å². The maximum absolute atomic E-state index is 13.0. The Morgan fingerprint density at radius 3 is 2.82 bits per heavy atom. The Labute approximate surface area is 135 Å². The summed E-state index contributed by atoms with van der Waals surface area (Å²) in [6.45, 7) is 3.80. The van der Waals surface area contributed by atoms with Crippen LogP contribution in [0.5, 0.6) is 0 Å². The van der Waals surface area contributed by atoms with Crippen molar-refractivity contribution in [2.24, 2.45) is 5.92 Å². The van der Waals surface area contributed by atoms with E-state index in [4.69, 9.17) is 0 Å². The molecule has 0 aliphatic carbocycles. The van der Waals surface area contributed by atoms with E-state index in [-0.39, 0.29) is 17.9 Å². The van der Waals surface area contributed by atoms with Crippen LogP contribution >= 0.6 is 11.8 Å². The highest BCUT2D eigenvalue weighted by Gasteiger charge is 2.38. The van der Waals surface area contributed by atoms with Gasteiger partial charge in [-0.1, -0.05) is 0 Å². The molecule has 2 bridgehead atoms. The molecule has 2 amide bonds. The lowest BCUT2D eigenvalue weighted by molar-refractivity contribution is -0.129. The van der Waals surface area contributed by atoms with Gasteiger partial charge in [-0.15, -0.1) is 11.8 Å². The molecule has 0 N–H and O–H groups in total. The molecule has 5 nitrogen and oxygen atoms in total. The zero-order valence-corrected chi connectivity index (χ0v) is 13.8. The first-order chi connectivity index (χ1) is 10.6. The van der Waals surface area contributed by atoms with Gasteiger partial charge >= 0.3 is 0 Å². The van der Waals surface area contributed by atoms with E-state index in [1.54, 1.807) is 13.1 Å². The molecule has 1 aromatic rings. The Morgan fingerprint density at radius 2 is 2.09 bits per heavy atom. The third-order valence-corrected chi connectivity index (χ3v) is 5.33. The number of nitrogens with zero attached hydrogens (tertiary/aromatic N) is 3. The van der Waals surface area contributed by atoms with Gasteiger partial charge in [0.05, 0.1) is 5.56 Å². The van der Waals surface area contributed by atoms with Crippen molar-refractivity contribution in [2.45, 2.75) is 30.8 Å². The molecule has 118 valence electrons. The number of carbonyl (C=O) groups excluding carboxylic acids is 2. The number of pyridine rings is 1. The van der Waals surface area contributed by atoms with Gasteiger partial charge in [0.1, 0.15) is 5.03 Å². The van der Waals surface area contributed by atoms with Crippen molar-refractivity contribution in [3.8, 4) is 0 Å². The summed E-state index contributed by atoms with van der Waals surface area (Å²) < 4.78 is 0. The van der Waals surface area contributed by atoms with Gasteiger partial charge in [-0.25, -0.2) is 4.98 Å². The predicted octanol–water partition coefficient (Wildman–Crippen LogP) is 1.89. The molecule has 0 radical (unpaired) electrons. The maximum Gasteiger partial charge on any atom is 0.256 e. The Kier molecular flexibility index (Phi) is 4.38. The lowest BCUT2D eigenvalue weighted by Gasteiger charge is -2.36. The number of carbonyl (C=O) groups is 2. The van der Waals surface area contributed by atoms with Crippen LogP contribution in [0.15, 0.2) is 23.4 Å². The average Bonchev–Trinajstić information content (AvgIpc) is 2.86. The number of hydrogen-bond acceptors (Lipinski definition) is 4. The molecule has 22 heavy (non-hydrogen) atoms. The molecule has 3 aliphatic heterocycles. The van der Waals surface area contributed by atoms with E-state index in [0.29, 0.717) is 18.0 Å². The minimum atomic E-state index is 0.0533. The summed E-state index contributed by atoms with van der Waals surface area (Å²) in [5.74, 6) is 0.552. The molecular formula is C16H21N3O2S. The highest BCUT2D eigenvalue weighted by molar-refractivity contribution is 7.98. The number of piperidine rings is 1. The Balaban J connectivity index is 1.86. The molecule has 1 aromatic heterocycles. The van der Waals surface area contributed by atoms with Gasteiger partial charge in [0, 0.05) is 38.8 Å². The highest BCUT2D eigenvalue weighted by Crippen LogP contribution is 2.30. The Morgan fingerprint density at radius 1 is 1.27 bits per heavy atom. The van der Waals surface area contributed by atoms with Gasteiger partial charge < -0.3 is 9.80 Å². The zero-order chi connectivity index (χ0) is 15.7. The van der Waals surface area contributed by atoms with Crippen LogP contribution in [0.3, 0.4) is 0 Å². The van der Waals surface area contributed by atoms with Crippen molar-refractivity contribution in [3.63, 3.8) is 0 Å². The Bertz CT molecular complexity index is 593. The minimum absolute atomic E-state index is 0.0533. The summed E-state index contributed by atoms with van der Waals surface area (Å²) in [5, 5.41) is 0.774.